The monoisotopic (exact) mass is 353 g/mol. The van der Waals surface area contributed by atoms with Gasteiger partial charge in [-0.3, -0.25) is 0 Å². The first-order chi connectivity index (χ1) is 10.1. The molecule has 0 bridgehead atoms. The van der Waals surface area contributed by atoms with E-state index < -0.39 is 0 Å². The smallest absolute Gasteiger partial charge is 0.133 e. The molecule has 1 fully saturated rings. The third kappa shape index (κ3) is 4.43. The number of hydrogen-bond donors (Lipinski definition) is 1. The Morgan fingerprint density at radius 3 is 2.67 bits per heavy atom. The molecule has 4 heteroatoms. The van der Waals surface area contributed by atoms with Gasteiger partial charge in [-0.15, -0.1) is 0 Å². The van der Waals surface area contributed by atoms with E-state index in [1.54, 1.807) is 0 Å². The molecule has 0 unspecified atom stereocenters. The maximum absolute atomic E-state index is 4.69. The largest absolute Gasteiger partial charge is 0.356 e. The first kappa shape index (κ1) is 16.8. The van der Waals surface area contributed by atoms with Crippen molar-refractivity contribution in [3.05, 3.63) is 22.3 Å². The molecular formula is C17H28BrN3. The van der Waals surface area contributed by atoms with E-state index in [2.05, 4.69) is 53.0 Å². The molecule has 1 aliphatic rings. The second kappa shape index (κ2) is 7.59. The Hall–Kier alpha value is -0.610. The first-order valence-corrected chi connectivity index (χ1v) is 8.97. The maximum Gasteiger partial charge on any atom is 0.133 e. The van der Waals surface area contributed by atoms with Gasteiger partial charge in [0.15, 0.2) is 0 Å². The molecule has 1 aromatic rings. The molecule has 1 aliphatic heterocycles. The molecule has 0 atom stereocenters. The molecule has 0 spiro atoms. The lowest BCUT2D eigenvalue weighted by Crippen LogP contribution is -2.39. The molecule has 1 aromatic heterocycles. The highest BCUT2D eigenvalue weighted by Crippen LogP contribution is 2.36. The summed E-state index contributed by atoms with van der Waals surface area (Å²) in [6.07, 6.45) is 6.90. The van der Waals surface area contributed by atoms with Crippen LogP contribution in [0.1, 0.15) is 52.0 Å². The number of hydrogen-bond acceptors (Lipinski definition) is 3. The van der Waals surface area contributed by atoms with Crippen LogP contribution in [0.3, 0.4) is 0 Å². The van der Waals surface area contributed by atoms with Crippen LogP contribution < -0.4 is 10.2 Å². The molecule has 2 rings (SSSR count). The fourth-order valence-corrected chi connectivity index (χ4v) is 3.28. The van der Waals surface area contributed by atoms with Gasteiger partial charge in [0.1, 0.15) is 5.82 Å². The number of nitrogens with zero attached hydrogens (tertiary/aromatic N) is 2. The van der Waals surface area contributed by atoms with Crippen molar-refractivity contribution < 1.29 is 0 Å². The minimum Gasteiger partial charge on any atom is -0.356 e. The van der Waals surface area contributed by atoms with Gasteiger partial charge in [-0.2, -0.15) is 0 Å². The Morgan fingerprint density at radius 2 is 2.05 bits per heavy atom. The predicted octanol–water partition coefficient (Wildman–Crippen LogP) is 4.36. The summed E-state index contributed by atoms with van der Waals surface area (Å²) in [6.45, 7) is 11.1. The zero-order chi connectivity index (χ0) is 15.3. The SMILES string of the molecule is CCCNCc1cc(Br)cnc1N1CCC(C)(CC)CC1. The molecule has 0 saturated carbocycles. The minimum atomic E-state index is 0.520. The quantitative estimate of drug-likeness (QED) is 0.770. The Labute approximate surface area is 137 Å². The Kier molecular flexibility index (Phi) is 6.06. The highest BCUT2D eigenvalue weighted by molar-refractivity contribution is 9.10. The third-order valence-corrected chi connectivity index (χ3v) is 5.21. The minimum absolute atomic E-state index is 0.520. The Balaban J connectivity index is 2.08. The molecule has 2 heterocycles. The second-order valence-corrected chi connectivity index (χ2v) is 7.38. The molecule has 1 N–H and O–H groups in total. The molecule has 118 valence electrons. The molecular weight excluding hydrogens is 326 g/mol. The number of aromatic nitrogens is 1. The van der Waals surface area contributed by atoms with Crippen molar-refractivity contribution in [1.82, 2.24) is 10.3 Å². The maximum atomic E-state index is 4.69. The van der Waals surface area contributed by atoms with Crippen LogP contribution in [0.2, 0.25) is 0 Å². The molecule has 0 radical (unpaired) electrons. The lowest BCUT2D eigenvalue weighted by Gasteiger charge is -2.40. The molecule has 3 nitrogen and oxygen atoms in total. The number of halogens is 1. The predicted molar refractivity (Wildman–Crippen MR) is 93.8 cm³/mol. The third-order valence-electron chi connectivity index (χ3n) is 4.78. The fourth-order valence-electron chi connectivity index (χ4n) is 2.90. The van der Waals surface area contributed by atoms with Gasteiger partial charge in [0.2, 0.25) is 0 Å². The average Bonchev–Trinajstić information content (AvgIpc) is 2.49. The lowest BCUT2D eigenvalue weighted by atomic mass is 9.78. The van der Waals surface area contributed by atoms with Crippen molar-refractivity contribution in [2.24, 2.45) is 5.41 Å². The number of pyridine rings is 1. The van der Waals surface area contributed by atoms with Crippen molar-refractivity contribution >= 4 is 21.7 Å². The van der Waals surface area contributed by atoms with Crippen LogP contribution in [0.25, 0.3) is 0 Å². The summed E-state index contributed by atoms with van der Waals surface area (Å²) in [5.41, 5.74) is 1.82. The zero-order valence-corrected chi connectivity index (χ0v) is 15.2. The van der Waals surface area contributed by atoms with E-state index in [4.69, 9.17) is 4.98 Å². The summed E-state index contributed by atoms with van der Waals surface area (Å²) in [7, 11) is 0. The number of piperidine rings is 1. The Morgan fingerprint density at radius 1 is 1.33 bits per heavy atom. The van der Waals surface area contributed by atoms with E-state index in [0.717, 1.165) is 37.1 Å². The van der Waals surface area contributed by atoms with E-state index in [1.165, 1.54) is 30.6 Å². The lowest BCUT2D eigenvalue weighted by molar-refractivity contribution is 0.237. The van der Waals surface area contributed by atoms with Crippen LogP contribution in [0.15, 0.2) is 16.7 Å². The van der Waals surface area contributed by atoms with Crippen molar-refractivity contribution in [3.8, 4) is 0 Å². The second-order valence-electron chi connectivity index (χ2n) is 6.46. The van der Waals surface area contributed by atoms with E-state index in [1.807, 2.05) is 6.20 Å². The number of rotatable bonds is 6. The summed E-state index contributed by atoms with van der Waals surface area (Å²) >= 11 is 3.55. The van der Waals surface area contributed by atoms with Gasteiger partial charge < -0.3 is 10.2 Å². The summed E-state index contributed by atoms with van der Waals surface area (Å²) in [4.78, 5) is 7.16. The van der Waals surface area contributed by atoms with Gasteiger partial charge in [-0.25, -0.2) is 4.98 Å². The molecule has 0 aliphatic carbocycles. The van der Waals surface area contributed by atoms with Crippen molar-refractivity contribution in [2.45, 2.75) is 53.0 Å². The number of anilines is 1. The highest BCUT2D eigenvalue weighted by atomic mass is 79.9. The standard InChI is InChI=1S/C17H28BrN3/c1-4-8-19-12-14-11-15(18)13-20-16(14)21-9-6-17(3,5-2)7-10-21/h11,13,19H,4-10,12H2,1-3H3. The van der Waals surface area contributed by atoms with Gasteiger partial charge in [0.25, 0.3) is 0 Å². The normalized spacial score (nSPS) is 18.0. The highest BCUT2D eigenvalue weighted by Gasteiger charge is 2.29. The molecule has 0 aromatic carbocycles. The van der Waals surface area contributed by atoms with Crippen LogP contribution in [0, 0.1) is 5.41 Å². The zero-order valence-electron chi connectivity index (χ0n) is 13.6. The van der Waals surface area contributed by atoms with Crippen molar-refractivity contribution in [2.75, 3.05) is 24.5 Å². The van der Waals surface area contributed by atoms with Crippen LogP contribution in [0.5, 0.6) is 0 Å². The van der Waals surface area contributed by atoms with E-state index >= 15 is 0 Å². The summed E-state index contributed by atoms with van der Waals surface area (Å²) in [6, 6.07) is 2.21. The topological polar surface area (TPSA) is 28.2 Å². The number of nitrogens with one attached hydrogen (secondary N) is 1. The van der Waals surface area contributed by atoms with Crippen LogP contribution in [-0.2, 0) is 6.54 Å². The van der Waals surface area contributed by atoms with Gasteiger partial charge in [-0.1, -0.05) is 27.2 Å². The van der Waals surface area contributed by atoms with Gasteiger partial charge in [0, 0.05) is 35.9 Å². The van der Waals surface area contributed by atoms with Gasteiger partial charge >= 0.3 is 0 Å². The van der Waals surface area contributed by atoms with Crippen molar-refractivity contribution in [3.63, 3.8) is 0 Å². The Bertz CT molecular complexity index is 453. The fraction of sp³-hybridized carbons (Fsp3) is 0.706. The van der Waals surface area contributed by atoms with Gasteiger partial charge in [0.05, 0.1) is 0 Å². The molecule has 21 heavy (non-hydrogen) atoms. The van der Waals surface area contributed by atoms with Crippen LogP contribution in [0.4, 0.5) is 5.82 Å². The molecule has 0 amide bonds. The summed E-state index contributed by atoms with van der Waals surface area (Å²) < 4.78 is 1.06. The summed E-state index contributed by atoms with van der Waals surface area (Å²) in [5.74, 6) is 1.17. The van der Waals surface area contributed by atoms with Crippen molar-refractivity contribution in [1.29, 1.82) is 0 Å². The van der Waals surface area contributed by atoms with E-state index in [-0.39, 0.29) is 0 Å². The molecule has 1 saturated heterocycles. The van der Waals surface area contributed by atoms with Gasteiger partial charge in [-0.05, 0) is 53.2 Å². The summed E-state index contributed by atoms with van der Waals surface area (Å²) in [5, 5.41) is 3.50. The van der Waals surface area contributed by atoms with E-state index in [9.17, 15) is 0 Å². The first-order valence-electron chi connectivity index (χ1n) is 8.18. The van der Waals surface area contributed by atoms with Crippen LogP contribution in [-0.4, -0.2) is 24.6 Å². The van der Waals surface area contributed by atoms with Crippen LogP contribution >= 0.6 is 15.9 Å². The average molecular weight is 354 g/mol. The van der Waals surface area contributed by atoms with E-state index in [0.29, 0.717) is 5.41 Å².